The van der Waals surface area contributed by atoms with Crippen LogP contribution in [0.1, 0.15) is 10.4 Å². The fourth-order valence-corrected chi connectivity index (χ4v) is 1.73. The Balaban J connectivity index is 1.89. The van der Waals surface area contributed by atoms with E-state index in [4.69, 9.17) is 0 Å². The molecule has 0 saturated heterocycles. The number of nitrogens with one attached hydrogen (secondary N) is 2. The largest absolute Gasteiger partial charge is 0.351 e. The van der Waals surface area contributed by atoms with Gasteiger partial charge in [0.1, 0.15) is 0 Å². The summed E-state index contributed by atoms with van der Waals surface area (Å²) in [4.78, 5) is 31.3. The Morgan fingerprint density at radius 1 is 1.05 bits per heavy atom. The van der Waals surface area contributed by atoms with Crippen LogP contribution in [-0.2, 0) is 4.79 Å². The number of carbonyl (C=O) groups is 2. The van der Waals surface area contributed by atoms with Crippen LogP contribution in [0.5, 0.6) is 0 Å². The predicted molar refractivity (Wildman–Crippen MR) is 83.0 cm³/mol. The van der Waals surface area contributed by atoms with Crippen LogP contribution in [0.2, 0.25) is 0 Å². The second kappa shape index (κ2) is 7.68. The monoisotopic (exact) mass is 296 g/mol. The van der Waals surface area contributed by atoms with Crippen molar-refractivity contribution in [3.05, 3.63) is 60.9 Å². The van der Waals surface area contributed by atoms with Crippen LogP contribution in [0.15, 0.2) is 55.4 Å². The summed E-state index contributed by atoms with van der Waals surface area (Å²) in [5.74, 6) is -0.511. The lowest BCUT2D eigenvalue weighted by Crippen LogP contribution is -2.33. The molecule has 0 fully saturated rings. The number of rotatable bonds is 6. The van der Waals surface area contributed by atoms with Crippen molar-refractivity contribution in [1.29, 1.82) is 0 Å². The Bertz CT molecular complexity index is 654. The van der Waals surface area contributed by atoms with Gasteiger partial charge in [0.25, 0.3) is 5.91 Å². The van der Waals surface area contributed by atoms with E-state index in [0.29, 0.717) is 24.3 Å². The molecule has 0 atom stereocenters. The van der Waals surface area contributed by atoms with Crippen LogP contribution in [0.3, 0.4) is 0 Å². The third kappa shape index (κ3) is 4.24. The van der Waals surface area contributed by atoms with E-state index in [0.717, 1.165) is 5.69 Å². The molecule has 0 aromatic carbocycles. The fourth-order valence-electron chi connectivity index (χ4n) is 1.73. The van der Waals surface area contributed by atoms with Crippen LogP contribution in [0, 0.1) is 0 Å². The highest BCUT2D eigenvalue weighted by Gasteiger charge is 2.06. The first-order valence-corrected chi connectivity index (χ1v) is 6.76. The zero-order chi connectivity index (χ0) is 15.8. The van der Waals surface area contributed by atoms with Gasteiger partial charge in [0.05, 0.1) is 17.0 Å². The number of pyridine rings is 2. The number of nitrogens with zero attached hydrogens (tertiary/aromatic N) is 2. The average molecular weight is 296 g/mol. The van der Waals surface area contributed by atoms with Gasteiger partial charge >= 0.3 is 0 Å². The fraction of sp³-hybridized carbons (Fsp3) is 0.125. The third-order valence-electron chi connectivity index (χ3n) is 2.85. The van der Waals surface area contributed by atoms with Gasteiger partial charge in [-0.25, -0.2) is 0 Å². The molecule has 0 aliphatic heterocycles. The lowest BCUT2D eigenvalue weighted by atomic mass is 10.2. The lowest BCUT2D eigenvalue weighted by molar-refractivity contribution is -0.116. The van der Waals surface area contributed by atoms with Crippen molar-refractivity contribution in [3.8, 4) is 11.4 Å². The van der Waals surface area contributed by atoms with Crippen LogP contribution in [0.25, 0.3) is 11.4 Å². The first-order chi connectivity index (χ1) is 10.7. The SMILES string of the molecule is C=CC(=O)NCCNC(=O)c1ccc(-c2ccccn2)nc1. The van der Waals surface area contributed by atoms with E-state index in [1.165, 1.54) is 12.3 Å². The van der Waals surface area contributed by atoms with Crippen LogP contribution < -0.4 is 10.6 Å². The number of hydrogen-bond acceptors (Lipinski definition) is 4. The van der Waals surface area contributed by atoms with Gasteiger partial charge < -0.3 is 10.6 Å². The summed E-state index contributed by atoms with van der Waals surface area (Å²) in [7, 11) is 0. The van der Waals surface area contributed by atoms with E-state index in [9.17, 15) is 9.59 Å². The van der Waals surface area contributed by atoms with Crippen molar-refractivity contribution < 1.29 is 9.59 Å². The maximum absolute atomic E-state index is 11.9. The topological polar surface area (TPSA) is 84.0 Å². The molecule has 0 saturated carbocycles. The first-order valence-electron chi connectivity index (χ1n) is 6.76. The molecule has 112 valence electrons. The van der Waals surface area contributed by atoms with Crippen molar-refractivity contribution in [3.63, 3.8) is 0 Å². The molecular formula is C16H16N4O2. The van der Waals surface area contributed by atoms with Gasteiger partial charge in [-0.05, 0) is 30.3 Å². The minimum Gasteiger partial charge on any atom is -0.351 e. The molecule has 0 unspecified atom stereocenters. The average Bonchev–Trinajstić information content (AvgIpc) is 2.59. The summed E-state index contributed by atoms with van der Waals surface area (Å²) in [5.41, 5.74) is 1.91. The van der Waals surface area contributed by atoms with Crippen molar-refractivity contribution in [2.24, 2.45) is 0 Å². The number of hydrogen-bond donors (Lipinski definition) is 2. The summed E-state index contributed by atoms with van der Waals surface area (Å²) in [6, 6.07) is 8.99. The molecule has 22 heavy (non-hydrogen) atoms. The maximum atomic E-state index is 11.9. The molecule has 6 nitrogen and oxygen atoms in total. The second-order valence-corrected chi connectivity index (χ2v) is 4.40. The second-order valence-electron chi connectivity index (χ2n) is 4.40. The molecule has 2 aromatic heterocycles. The summed E-state index contributed by atoms with van der Waals surface area (Å²) < 4.78 is 0. The Labute approximate surface area is 128 Å². The zero-order valence-electron chi connectivity index (χ0n) is 12.0. The van der Waals surface area contributed by atoms with Crippen molar-refractivity contribution in [2.75, 3.05) is 13.1 Å². The Kier molecular flexibility index (Phi) is 5.37. The molecule has 2 rings (SSSR count). The Morgan fingerprint density at radius 3 is 2.45 bits per heavy atom. The number of amides is 2. The molecule has 2 amide bonds. The van der Waals surface area contributed by atoms with Gasteiger partial charge in [0.15, 0.2) is 0 Å². The van der Waals surface area contributed by atoms with Crippen LogP contribution >= 0.6 is 0 Å². The van der Waals surface area contributed by atoms with E-state index in [2.05, 4.69) is 27.2 Å². The van der Waals surface area contributed by atoms with E-state index in [1.807, 2.05) is 18.2 Å². The molecule has 2 aromatic rings. The lowest BCUT2D eigenvalue weighted by Gasteiger charge is -2.06. The number of carbonyl (C=O) groups excluding carboxylic acids is 2. The van der Waals surface area contributed by atoms with Crippen molar-refractivity contribution >= 4 is 11.8 Å². The Hall–Kier alpha value is -3.02. The molecule has 2 heterocycles. The van der Waals surface area contributed by atoms with Crippen LogP contribution in [-0.4, -0.2) is 34.9 Å². The molecule has 6 heteroatoms. The van der Waals surface area contributed by atoms with Gasteiger partial charge in [-0.2, -0.15) is 0 Å². The molecule has 0 radical (unpaired) electrons. The summed E-state index contributed by atoms with van der Waals surface area (Å²) in [6.07, 6.45) is 4.37. The van der Waals surface area contributed by atoms with Crippen LogP contribution in [0.4, 0.5) is 0 Å². The first kappa shape index (κ1) is 15.4. The smallest absolute Gasteiger partial charge is 0.252 e. The molecule has 2 N–H and O–H groups in total. The van der Waals surface area contributed by atoms with E-state index in [-0.39, 0.29) is 11.8 Å². The van der Waals surface area contributed by atoms with Gasteiger partial charge in [0, 0.05) is 25.5 Å². The van der Waals surface area contributed by atoms with Gasteiger partial charge in [-0.15, -0.1) is 0 Å². The minimum absolute atomic E-state index is 0.243. The van der Waals surface area contributed by atoms with E-state index in [1.54, 1.807) is 18.3 Å². The van der Waals surface area contributed by atoms with E-state index < -0.39 is 0 Å². The highest BCUT2D eigenvalue weighted by Crippen LogP contribution is 2.13. The summed E-state index contributed by atoms with van der Waals surface area (Å²) >= 11 is 0. The quantitative estimate of drug-likeness (QED) is 0.619. The maximum Gasteiger partial charge on any atom is 0.252 e. The molecule has 0 aliphatic carbocycles. The highest BCUT2D eigenvalue weighted by atomic mass is 16.2. The summed E-state index contributed by atoms with van der Waals surface area (Å²) in [6.45, 7) is 4.02. The molecule has 0 aliphatic rings. The van der Waals surface area contributed by atoms with Gasteiger partial charge in [-0.3, -0.25) is 19.6 Å². The number of aromatic nitrogens is 2. The normalized spacial score (nSPS) is 9.82. The van der Waals surface area contributed by atoms with Crippen molar-refractivity contribution in [2.45, 2.75) is 0 Å². The zero-order valence-corrected chi connectivity index (χ0v) is 12.0. The third-order valence-corrected chi connectivity index (χ3v) is 2.85. The standard InChI is InChI=1S/C16H16N4O2/c1-2-15(21)18-9-10-19-16(22)12-6-7-14(20-11-12)13-5-3-4-8-17-13/h2-8,11H,1,9-10H2,(H,18,21)(H,19,22). The molecule has 0 bridgehead atoms. The highest BCUT2D eigenvalue weighted by molar-refractivity contribution is 5.94. The predicted octanol–water partition coefficient (Wildman–Crippen LogP) is 1.18. The van der Waals surface area contributed by atoms with Gasteiger partial charge in [0.2, 0.25) is 5.91 Å². The Morgan fingerprint density at radius 2 is 1.82 bits per heavy atom. The van der Waals surface area contributed by atoms with E-state index >= 15 is 0 Å². The minimum atomic E-state index is -0.268. The molecular weight excluding hydrogens is 280 g/mol. The summed E-state index contributed by atoms with van der Waals surface area (Å²) in [5, 5.41) is 5.27. The molecule has 0 spiro atoms. The van der Waals surface area contributed by atoms with Crippen molar-refractivity contribution in [1.82, 2.24) is 20.6 Å². The van der Waals surface area contributed by atoms with Gasteiger partial charge in [-0.1, -0.05) is 12.6 Å².